The van der Waals surface area contributed by atoms with E-state index < -0.39 is 11.7 Å². The molecule has 0 atom stereocenters. The molecule has 0 spiro atoms. The summed E-state index contributed by atoms with van der Waals surface area (Å²) < 4.78 is 40.8. The third-order valence-corrected chi connectivity index (χ3v) is 5.94. The van der Waals surface area contributed by atoms with Crippen molar-refractivity contribution < 1.29 is 13.2 Å². The molecule has 38 heavy (non-hydrogen) atoms. The van der Waals surface area contributed by atoms with Gasteiger partial charge in [-0.1, -0.05) is 30.4 Å². The molecule has 0 saturated carbocycles. The summed E-state index contributed by atoms with van der Waals surface area (Å²) in [5, 5.41) is 17.7. The van der Waals surface area contributed by atoms with Gasteiger partial charge in [0.2, 0.25) is 0 Å². The lowest BCUT2D eigenvalue weighted by molar-refractivity contribution is -0.137. The minimum atomic E-state index is -4.44. The lowest BCUT2D eigenvalue weighted by atomic mass is 10.2. The van der Waals surface area contributed by atoms with Crippen molar-refractivity contribution in [2.24, 2.45) is 7.05 Å². The average Bonchev–Trinajstić information content (AvgIpc) is 3.28. The van der Waals surface area contributed by atoms with Crippen LogP contribution in [0.15, 0.2) is 78.7 Å². The van der Waals surface area contributed by atoms with Gasteiger partial charge in [-0.3, -0.25) is 4.68 Å². The summed E-state index contributed by atoms with van der Waals surface area (Å²) in [4.78, 5) is 9.47. The molecule has 0 bridgehead atoms. The largest absolute Gasteiger partial charge is 0.416 e. The number of benzene rings is 2. The van der Waals surface area contributed by atoms with E-state index in [1.807, 2.05) is 37.5 Å². The van der Waals surface area contributed by atoms with Crippen LogP contribution in [-0.2, 0) is 13.2 Å². The monoisotopic (exact) mass is 536 g/mol. The van der Waals surface area contributed by atoms with Gasteiger partial charge in [-0.15, -0.1) is 0 Å². The highest BCUT2D eigenvalue weighted by Crippen LogP contribution is 2.31. The average molecular weight is 537 g/mol. The van der Waals surface area contributed by atoms with Crippen molar-refractivity contribution in [3.8, 4) is 11.4 Å². The molecule has 0 radical (unpaired) electrons. The van der Waals surface area contributed by atoms with Crippen molar-refractivity contribution in [3.63, 3.8) is 0 Å². The number of nitrogens with zero attached hydrogens (tertiary/aromatic N) is 4. The minimum absolute atomic E-state index is 0.147. The second-order valence-corrected chi connectivity index (χ2v) is 8.93. The van der Waals surface area contributed by atoms with E-state index in [1.54, 1.807) is 16.9 Å². The van der Waals surface area contributed by atoms with E-state index in [1.165, 1.54) is 12.1 Å². The molecule has 4 aromatic rings. The van der Waals surface area contributed by atoms with E-state index in [0.717, 1.165) is 35.2 Å². The molecule has 1 aliphatic heterocycles. The van der Waals surface area contributed by atoms with Gasteiger partial charge in [0, 0.05) is 43.3 Å². The highest BCUT2D eigenvalue weighted by Gasteiger charge is 2.30. The molecule has 2 aromatic heterocycles. The van der Waals surface area contributed by atoms with Gasteiger partial charge < -0.3 is 21.3 Å². The predicted molar refractivity (Wildman–Crippen MR) is 147 cm³/mol. The summed E-state index contributed by atoms with van der Waals surface area (Å²) in [6, 6.07) is 12.1. The summed E-state index contributed by atoms with van der Waals surface area (Å²) in [6.45, 7) is 1.37. The fraction of sp³-hybridized carbons (Fsp3) is 0.154. The lowest BCUT2D eigenvalue weighted by Gasteiger charge is -2.14. The molecule has 194 valence electrons. The van der Waals surface area contributed by atoms with Gasteiger partial charge in [-0.05, 0) is 48.1 Å². The van der Waals surface area contributed by atoms with Crippen molar-refractivity contribution >= 4 is 45.6 Å². The Kier molecular flexibility index (Phi) is 6.97. The van der Waals surface area contributed by atoms with E-state index in [-0.39, 0.29) is 10.8 Å². The Balaban J connectivity index is 1.36. The van der Waals surface area contributed by atoms with E-state index in [2.05, 4.69) is 32.4 Å². The molecule has 5 rings (SSSR count). The van der Waals surface area contributed by atoms with Crippen LogP contribution in [0.5, 0.6) is 0 Å². The highest BCUT2D eigenvalue weighted by molar-refractivity contribution is 7.80. The van der Waals surface area contributed by atoms with Crippen LogP contribution >= 0.6 is 12.2 Å². The Bertz CT molecular complexity index is 1560. The molecular weight excluding hydrogens is 513 g/mol. The number of aromatic nitrogens is 4. The van der Waals surface area contributed by atoms with Gasteiger partial charge in [0.15, 0.2) is 16.6 Å². The van der Waals surface area contributed by atoms with Crippen LogP contribution in [0.3, 0.4) is 0 Å². The molecule has 12 heteroatoms. The Morgan fingerprint density at radius 2 is 1.84 bits per heavy atom. The number of hydrogen-bond acceptors (Lipinski definition) is 6. The van der Waals surface area contributed by atoms with Crippen LogP contribution in [0.25, 0.3) is 22.4 Å². The number of aryl methyl sites for hydroxylation is 1. The van der Waals surface area contributed by atoms with Gasteiger partial charge in [0.25, 0.3) is 0 Å². The molecule has 2 aromatic carbocycles. The van der Waals surface area contributed by atoms with Crippen molar-refractivity contribution in [2.75, 3.05) is 29.0 Å². The molecule has 0 fully saturated rings. The molecule has 0 saturated heterocycles. The molecule has 8 nitrogen and oxygen atoms in total. The first-order valence-corrected chi connectivity index (χ1v) is 12.1. The van der Waals surface area contributed by atoms with Crippen LogP contribution in [0.2, 0.25) is 0 Å². The molecule has 0 amide bonds. The molecule has 4 N–H and O–H groups in total. The van der Waals surface area contributed by atoms with Crippen molar-refractivity contribution in [3.05, 3.63) is 84.2 Å². The number of fused-ring (bicyclic) bond motifs is 1. The maximum absolute atomic E-state index is 13.0. The number of hydrogen-bond donors (Lipinski definition) is 4. The summed E-state index contributed by atoms with van der Waals surface area (Å²) in [7, 11) is 1.81. The van der Waals surface area contributed by atoms with E-state index in [9.17, 15) is 13.2 Å². The summed E-state index contributed by atoms with van der Waals surface area (Å²) in [5.74, 6) is 1.13. The zero-order valence-corrected chi connectivity index (χ0v) is 21.0. The molecule has 3 heterocycles. The lowest BCUT2D eigenvalue weighted by Crippen LogP contribution is -2.19. The van der Waals surface area contributed by atoms with Crippen molar-refractivity contribution in [2.45, 2.75) is 6.18 Å². The van der Waals surface area contributed by atoms with Gasteiger partial charge in [-0.2, -0.15) is 18.3 Å². The normalized spacial score (nSPS) is 13.1. The van der Waals surface area contributed by atoms with Crippen LogP contribution in [0.1, 0.15) is 5.56 Å². The summed E-state index contributed by atoms with van der Waals surface area (Å²) in [5.41, 5.74) is 2.57. The maximum Gasteiger partial charge on any atom is 0.416 e. The Morgan fingerprint density at radius 3 is 2.58 bits per heavy atom. The van der Waals surface area contributed by atoms with E-state index in [0.29, 0.717) is 29.5 Å². The van der Waals surface area contributed by atoms with Crippen LogP contribution in [0, 0.1) is 0 Å². The molecule has 1 aliphatic rings. The first-order chi connectivity index (χ1) is 18.3. The number of halogens is 3. The van der Waals surface area contributed by atoms with Crippen LogP contribution in [-0.4, -0.2) is 38.0 Å². The standard InChI is InChI=1S/C26H23F3N8S/c1-37-24-21(15-32-37)23(31-14-16-5-4-10-30-13-16)35-22(36-24)17-6-2-8-19(11-17)33-25(38)34-20-9-3-7-18(12-20)26(27,28)29/h2-9,11-13,15,30H,10,14H2,1H3,(H,31,35,36)(H2,33,34,38). The second kappa shape index (κ2) is 10.5. The zero-order valence-electron chi connectivity index (χ0n) is 20.2. The third-order valence-electron chi connectivity index (χ3n) is 5.73. The fourth-order valence-corrected chi connectivity index (χ4v) is 4.14. The van der Waals surface area contributed by atoms with Gasteiger partial charge in [0.05, 0.1) is 17.1 Å². The molecule has 0 aliphatic carbocycles. The fourth-order valence-electron chi connectivity index (χ4n) is 3.90. The number of dihydropyridines is 1. The SMILES string of the molecule is Cn1ncc2c(NCC3=CNCC=C3)nc(-c3cccc(NC(=S)Nc4cccc(C(F)(F)F)c4)c3)nc21. The second-order valence-electron chi connectivity index (χ2n) is 8.52. The molecular formula is C26H23F3N8S. The Hall–Kier alpha value is -4.45. The summed E-state index contributed by atoms with van der Waals surface area (Å²) >= 11 is 5.33. The number of nitrogens with one attached hydrogen (secondary N) is 4. The number of anilines is 3. The van der Waals surface area contributed by atoms with E-state index >= 15 is 0 Å². The maximum atomic E-state index is 13.0. The van der Waals surface area contributed by atoms with Crippen LogP contribution < -0.4 is 21.3 Å². The predicted octanol–water partition coefficient (Wildman–Crippen LogP) is 5.31. The van der Waals surface area contributed by atoms with Gasteiger partial charge >= 0.3 is 6.18 Å². The van der Waals surface area contributed by atoms with E-state index in [4.69, 9.17) is 22.2 Å². The van der Waals surface area contributed by atoms with Gasteiger partial charge in [0.1, 0.15) is 5.82 Å². The highest BCUT2D eigenvalue weighted by atomic mass is 32.1. The first-order valence-electron chi connectivity index (χ1n) is 11.6. The molecule has 0 unspecified atom stereocenters. The van der Waals surface area contributed by atoms with Gasteiger partial charge in [-0.25, -0.2) is 9.97 Å². The topological polar surface area (TPSA) is 91.7 Å². The smallest absolute Gasteiger partial charge is 0.387 e. The first kappa shape index (κ1) is 25.2. The van der Waals surface area contributed by atoms with Crippen molar-refractivity contribution in [1.29, 1.82) is 0 Å². The number of alkyl halides is 3. The number of thiocarbonyl (C=S) groups is 1. The van der Waals surface area contributed by atoms with Crippen LogP contribution in [0.4, 0.5) is 30.4 Å². The minimum Gasteiger partial charge on any atom is -0.387 e. The zero-order chi connectivity index (χ0) is 26.7. The summed E-state index contributed by atoms with van der Waals surface area (Å²) in [6.07, 6.45) is 3.34. The quantitative estimate of drug-likeness (QED) is 0.247. The Morgan fingerprint density at radius 1 is 1.08 bits per heavy atom. The number of rotatable bonds is 6. The van der Waals surface area contributed by atoms with Crippen molar-refractivity contribution in [1.82, 2.24) is 25.1 Å². The third kappa shape index (κ3) is 5.75. The Labute approximate surface area is 221 Å².